The summed E-state index contributed by atoms with van der Waals surface area (Å²) < 4.78 is 0. The molecule has 0 fully saturated rings. The molecule has 2 amide bonds. The van der Waals surface area contributed by atoms with Crippen molar-refractivity contribution < 1.29 is 4.79 Å². The minimum atomic E-state index is -0.249. The zero-order valence-corrected chi connectivity index (χ0v) is 9.64. The van der Waals surface area contributed by atoms with Crippen molar-refractivity contribution in [2.24, 2.45) is 5.73 Å². The molecule has 16 heavy (non-hydrogen) atoms. The largest absolute Gasteiger partial charge is 0.351 e. The zero-order chi connectivity index (χ0) is 11.4. The van der Waals surface area contributed by atoms with Crippen molar-refractivity contribution >= 4 is 6.03 Å². The number of rotatable bonds is 2. The number of hydrogen-bond acceptors (Lipinski definition) is 1. The van der Waals surface area contributed by atoms with Crippen LogP contribution in [0.25, 0.3) is 0 Å². The number of urea groups is 1. The summed E-state index contributed by atoms with van der Waals surface area (Å²) in [5.41, 5.74) is 5.54. The Balaban J connectivity index is 2.06. The van der Waals surface area contributed by atoms with E-state index in [2.05, 4.69) is 24.3 Å². The molecule has 88 valence electrons. The molecule has 0 aromatic heterocycles. The van der Waals surface area contributed by atoms with Gasteiger partial charge in [-0.1, -0.05) is 24.3 Å². The lowest BCUT2D eigenvalue weighted by molar-refractivity contribution is 0.140. The first kappa shape index (κ1) is 11.2. The van der Waals surface area contributed by atoms with Gasteiger partial charge in [0.25, 0.3) is 0 Å². The molecule has 2 rings (SSSR count). The molecule has 0 aliphatic heterocycles. The molecule has 2 aliphatic rings. The van der Waals surface area contributed by atoms with Gasteiger partial charge in [-0.05, 0) is 38.5 Å². The maximum Gasteiger partial charge on any atom is 0.315 e. The molecule has 0 aromatic rings. The van der Waals surface area contributed by atoms with Gasteiger partial charge in [-0.15, -0.1) is 0 Å². The molecule has 0 saturated carbocycles. The van der Waals surface area contributed by atoms with Crippen molar-refractivity contribution in [3.8, 4) is 0 Å². The quantitative estimate of drug-likeness (QED) is 0.714. The number of nitrogens with two attached hydrogens (primary N) is 1. The molecule has 0 aromatic carbocycles. The molecule has 2 aliphatic carbocycles. The van der Waals surface area contributed by atoms with Gasteiger partial charge >= 0.3 is 6.03 Å². The Bertz CT molecular complexity index is 285. The fourth-order valence-corrected chi connectivity index (χ4v) is 2.72. The highest BCUT2D eigenvalue weighted by Crippen LogP contribution is 2.25. The second kappa shape index (κ2) is 5.19. The highest BCUT2D eigenvalue weighted by Gasteiger charge is 2.28. The number of allylic oxidation sites excluding steroid dienone is 2. The summed E-state index contributed by atoms with van der Waals surface area (Å²) in [7, 11) is 0. The number of hydrogen-bond donors (Lipinski definition) is 1. The van der Waals surface area contributed by atoms with E-state index < -0.39 is 0 Å². The van der Waals surface area contributed by atoms with Crippen molar-refractivity contribution in [3.05, 3.63) is 24.3 Å². The van der Waals surface area contributed by atoms with Crippen LogP contribution in [0.5, 0.6) is 0 Å². The summed E-state index contributed by atoms with van der Waals surface area (Å²) in [6.07, 6.45) is 14.9. The zero-order valence-electron chi connectivity index (χ0n) is 9.64. The molecule has 0 radical (unpaired) electrons. The SMILES string of the molecule is NC(=O)N(C1CC=CCC1)C1CC=CCC1. The van der Waals surface area contributed by atoms with Crippen LogP contribution in [-0.2, 0) is 0 Å². The maximum absolute atomic E-state index is 11.6. The van der Waals surface area contributed by atoms with E-state index >= 15 is 0 Å². The third-order valence-corrected chi connectivity index (χ3v) is 3.52. The fraction of sp³-hybridized carbons (Fsp3) is 0.615. The molecule has 2 atom stereocenters. The highest BCUT2D eigenvalue weighted by molar-refractivity contribution is 5.73. The van der Waals surface area contributed by atoms with Crippen LogP contribution in [0, 0.1) is 0 Å². The van der Waals surface area contributed by atoms with Gasteiger partial charge in [0.2, 0.25) is 0 Å². The summed E-state index contributed by atoms with van der Waals surface area (Å²) in [5, 5.41) is 0. The normalized spacial score (nSPS) is 29.0. The lowest BCUT2D eigenvalue weighted by Gasteiger charge is -2.38. The van der Waals surface area contributed by atoms with Crippen LogP contribution < -0.4 is 5.73 Å². The van der Waals surface area contributed by atoms with Gasteiger partial charge in [-0.2, -0.15) is 0 Å². The first-order chi connectivity index (χ1) is 7.79. The van der Waals surface area contributed by atoms with Crippen molar-refractivity contribution in [1.29, 1.82) is 0 Å². The number of nitrogens with zero attached hydrogens (tertiary/aromatic N) is 1. The Hall–Kier alpha value is -1.25. The third kappa shape index (κ3) is 2.46. The monoisotopic (exact) mass is 220 g/mol. The first-order valence-electron chi connectivity index (χ1n) is 6.17. The van der Waals surface area contributed by atoms with Crippen molar-refractivity contribution in [3.63, 3.8) is 0 Å². The number of amides is 2. The smallest absolute Gasteiger partial charge is 0.315 e. The topological polar surface area (TPSA) is 46.3 Å². The van der Waals surface area contributed by atoms with Gasteiger partial charge in [-0.3, -0.25) is 0 Å². The average Bonchev–Trinajstić information content (AvgIpc) is 2.31. The highest BCUT2D eigenvalue weighted by atomic mass is 16.2. The molecule has 2 unspecified atom stereocenters. The van der Waals surface area contributed by atoms with Crippen LogP contribution in [0.2, 0.25) is 0 Å². The predicted octanol–water partition coefficient (Wildman–Crippen LogP) is 2.58. The Kier molecular flexibility index (Phi) is 3.65. The summed E-state index contributed by atoms with van der Waals surface area (Å²) in [6, 6.07) is 0.388. The van der Waals surface area contributed by atoms with Crippen LogP contribution in [-0.4, -0.2) is 23.0 Å². The average molecular weight is 220 g/mol. The lowest BCUT2D eigenvalue weighted by Crippen LogP contribution is -2.50. The Morgan fingerprint density at radius 2 is 1.50 bits per heavy atom. The van der Waals surface area contributed by atoms with E-state index in [9.17, 15) is 4.79 Å². The van der Waals surface area contributed by atoms with Crippen LogP contribution in [0.15, 0.2) is 24.3 Å². The Labute approximate surface area is 97.0 Å². The molecule has 3 heteroatoms. The van der Waals surface area contributed by atoms with Gasteiger partial charge in [0.05, 0.1) is 0 Å². The molecule has 2 N–H and O–H groups in total. The lowest BCUT2D eigenvalue weighted by atomic mass is 9.94. The standard InChI is InChI=1S/C13H20N2O/c14-13(16)15(11-7-3-1-4-8-11)12-9-5-2-6-10-12/h1-3,5,11-12H,4,6-10H2,(H2,14,16). The molecule has 0 spiro atoms. The summed E-state index contributed by atoms with van der Waals surface area (Å²) in [6.45, 7) is 0. The van der Waals surface area contributed by atoms with E-state index in [1.165, 1.54) is 0 Å². The van der Waals surface area contributed by atoms with E-state index in [1.54, 1.807) is 0 Å². The van der Waals surface area contributed by atoms with E-state index in [0.29, 0.717) is 12.1 Å². The molecular formula is C13H20N2O. The Morgan fingerprint density at radius 3 is 1.81 bits per heavy atom. The van der Waals surface area contributed by atoms with Gasteiger partial charge < -0.3 is 10.6 Å². The summed E-state index contributed by atoms with van der Waals surface area (Å²) in [5.74, 6) is 0. The van der Waals surface area contributed by atoms with E-state index in [-0.39, 0.29) is 6.03 Å². The maximum atomic E-state index is 11.6. The number of carbonyl (C=O) groups is 1. The van der Waals surface area contributed by atoms with Crippen molar-refractivity contribution in [2.45, 2.75) is 50.6 Å². The van der Waals surface area contributed by atoms with Crippen molar-refractivity contribution in [1.82, 2.24) is 4.90 Å². The van der Waals surface area contributed by atoms with Gasteiger partial charge in [-0.25, -0.2) is 4.79 Å². The van der Waals surface area contributed by atoms with E-state index in [0.717, 1.165) is 38.5 Å². The molecule has 3 nitrogen and oxygen atoms in total. The van der Waals surface area contributed by atoms with Crippen LogP contribution >= 0.6 is 0 Å². The van der Waals surface area contributed by atoms with Crippen LogP contribution in [0.4, 0.5) is 4.79 Å². The fourth-order valence-electron chi connectivity index (χ4n) is 2.72. The Morgan fingerprint density at radius 1 is 1.00 bits per heavy atom. The van der Waals surface area contributed by atoms with Crippen molar-refractivity contribution in [2.75, 3.05) is 0 Å². The third-order valence-electron chi connectivity index (χ3n) is 3.52. The predicted molar refractivity (Wildman–Crippen MR) is 65.0 cm³/mol. The summed E-state index contributed by atoms with van der Waals surface area (Å²) in [4.78, 5) is 13.5. The van der Waals surface area contributed by atoms with Gasteiger partial charge in [0.15, 0.2) is 0 Å². The van der Waals surface area contributed by atoms with Gasteiger partial charge in [0.1, 0.15) is 0 Å². The summed E-state index contributed by atoms with van der Waals surface area (Å²) >= 11 is 0. The molecule has 0 saturated heterocycles. The second-order valence-electron chi connectivity index (χ2n) is 4.62. The van der Waals surface area contributed by atoms with Crippen LogP contribution in [0.3, 0.4) is 0 Å². The van der Waals surface area contributed by atoms with E-state index in [1.807, 2.05) is 4.90 Å². The number of carbonyl (C=O) groups excluding carboxylic acids is 1. The molecular weight excluding hydrogens is 200 g/mol. The first-order valence-corrected chi connectivity index (χ1v) is 6.17. The van der Waals surface area contributed by atoms with Crippen LogP contribution in [0.1, 0.15) is 38.5 Å². The van der Waals surface area contributed by atoms with E-state index in [4.69, 9.17) is 5.73 Å². The molecule has 0 heterocycles. The minimum absolute atomic E-state index is 0.249. The minimum Gasteiger partial charge on any atom is -0.351 e. The van der Waals surface area contributed by atoms with Gasteiger partial charge in [0, 0.05) is 12.1 Å². The second-order valence-corrected chi connectivity index (χ2v) is 4.62. The number of primary amides is 1. The molecule has 0 bridgehead atoms.